The van der Waals surface area contributed by atoms with Crippen LogP contribution in [-0.2, 0) is 22.6 Å². The van der Waals surface area contributed by atoms with Crippen LogP contribution in [0.1, 0.15) is 36.7 Å². The number of nitrogens with zero attached hydrogens (tertiary/aromatic N) is 3. The van der Waals surface area contributed by atoms with Crippen molar-refractivity contribution >= 4 is 29.0 Å². The molecule has 2 heterocycles. The van der Waals surface area contributed by atoms with E-state index < -0.39 is 0 Å². The van der Waals surface area contributed by atoms with Crippen molar-refractivity contribution in [1.82, 2.24) is 14.8 Å². The third kappa shape index (κ3) is 6.99. The molecule has 1 atom stereocenters. The van der Waals surface area contributed by atoms with E-state index in [2.05, 4.69) is 57.4 Å². The van der Waals surface area contributed by atoms with Gasteiger partial charge in [-0.05, 0) is 69.5 Å². The number of benzene rings is 2. The normalized spacial score (nSPS) is 15.2. The van der Waals surface area contributed by atoms with Crippen LogP contribution in [0.3, 0.4) is 0 Å². The maximum atomic E-state index is 12.6. The highest BCUT2D eigenvalue weighted by Gasteiger charge is 2.21. The molecule has 35 heavy (non-hydrogen) atoms. The fourth-order valence-corrected chi connectivity index (χ4v) is 4.81. The Hall–Kier alpha value is -3.04. The maximum Gasteiger partial charge on any atom is 0.234 e. The minimum Gasteiger partial charge on any atom is -0.494 e. The molecule has 0 saturated carbocycles. The van der Waals surface area contributed by atoms with Crippen LogP contribution in [0.25, 0.3) is 0 Å². The van der Waals surface area contributed by atoms with E-state index in [1.54, 1.807) is 0 Å². The van der Waals surface area contributed by atoms with Gasteiger partial charge >= 0.3 is 0 Å². The Bertz CT molecular complexity index is 1130. The molecule has 9 heteroatoms. The van der Waals surface area contributed by atoms with Crippen molar-refractivity contribution in [2.24, 2.45) is 0 Å². The number of hydrogen-bond donors (Lipinski definition) is 2. The molecular formula is C26H33N5O3S. The molecule has 1 unspecified atom stereocenters. The quantitative estimate of drug-likeness (QED) is 0.369. The molecule has 1 aliphatic heterocycles. The SMILES string of the molecule is CCOc1ccc(NC(=O)CSc2nnc(CNc3ccc(C)cc3C)n2CC2CCCO2)cc1. The largest absolute Gasteiger partial charge is 0.494 e. The molecule has 0 aliphatic carbocycles. The Morgan fingerprint density at radius 1 is 1.20 bits per heavy atom. The predicted molar refractivity (Wildman–Crippen MR) is 139 cm³/mol. The number of amides is 1. The van der Waals surface area contributed by atoms with E-state index in [0.717, 1.165) is 47.6 Å². The minimum atomic E-state index is -0.0965. The summed E-state index contributed by atoms with van der Waals surface area (Å²) < 4.78 is 13.4. The molecule has 1 aromatic heterocycles. The van der Waals surface area contributed by atoms with Crippen LogP contribution >= 0.6 is 11.8 Å². The summed E-state index contributed by atoms with van der Waals surface area (Å²) in [5, 5.41) is 16.0. The number of carbonyl (C=O) groups excluding carboxylic acids is 1. The summed E-state index contributed by atoms with van der Waals surface area (Å²) in [6, 6.07) is 13.7. The second-order valence-electron chi connectivity index (χ2n) is 8.61. The molecule has 2 N–H and O–H groups in total. The second kappa shape index (κ2) is 12.1. The fraction of sp³-hybridized carbons (Fsp3) is 0.423. The van der Waals surface area contributed by atoms with Crippen molar-refractivity contribution in [1.29, 1.82) is 0 Å². The molecule has 186 valence electrons. The van der Waals surface area contributed by atoms with E-state index in [1.165, 1.54) is 22.9 Å². The number of ether oxygens (including phenoxy) is 2. The highest BCUT2D eigenvalue weighted by atomic mass is 32.2. The number of aryl methyl sites for hydroxylation is 2. The van der Waals surface area contributed by atoms with Crippen LogP contribution in [0.15, 0.2) is 47.6 Å². The molecule has 8 nitrogen and oxygen atoms in total. The summed E-state index contributed by atoms with van der Waals surface area (Å²) in [5.74, 6) is 1.75. The predicted octanol–water partition coefficient (Wildman–Crippen LogP) is 4.82. The number of rotatable bonds is 11. The van der Waals surface area contributed by atoms with E-state index in [1.807, 2.05) is 31.2 Å². The van der Waals surface area contributed by atoms with Crippen molar-refractivity contribution in [2.75, 3.05) is 29.6 Å². The van der Waals surface area contributed by atoms with Gasteiger partial charge in [-0.3, -0.25) is 4.79 Å². The number of hydrogen-bond acceptors (Lipinski definition) is 7. The van der Waals surface area contributed by atoms with Gasteiger partial charge in [-0.15, -0.1) is 10.2 Å². The Morgan fingerprint density at radius 3 is 2.74 bits per heavy atom. The highest BCUT2D eigenvalue weighted by molar-refractivity contribution is 7.99. The number of thioether (sulfide) groups is 1. The van der Waals surface area contributed by atoms with E-state index in [9.17, 15) is 4.79 Å². The lowest BCUT2D eigenvalue weighted by molar-refractivity contribution is -0.113. The van der Waals surface area contributed by atoms with Crippen LogP contribution in [-0.4, -0.2) is 45.7 Å². The average molecular weight is 496 g/mol. The lowest BCUT2D eigenvalue weighted by atomic mass is 10.1. The standard InChI is InChI=1S/C26H33N5O3S/c1-4-33-21-10-8-20(9-11-21)28-25(32)17-35-26-30-29-24(31(26)16-22-6-5-13-34-22)15-27-23-12-7-18(2)14-19(23)3/h7-12,14,22,27H,4-6,13,15-17H2,1-3H3,(H,28,32). The Labute approximate surface area is 210 Å². The van der Waals surface area contributed by atoms with Gasteiger partial charge in [-0.25, -0.2) is 0 Å². The number of aromatic nitrogens is 3. The van der Waals surface area contributed by atoms with Gasteiger partial charge in [-0.1, -0.05) is 29.5 Å². The van der Waals surface area contributed by atoms with Gasteiger partial charge in [0.15, 0.2) is 11.0 Å². The van der Waals surface area contributed by atoms with Crippen molar-refractivity contribution in [3.8, 4) is 5.75 Å². The molecule has 1 saturated heterocycles. The summed E-state index contributed by atoms with van der Waals surface area (Å²) in [5.41, 5.74) is 4.23. The highest BCUT2D eigenvalue weighted by Crippen LogP contribution is 2.23. The summed E-state index contributed by atoms with van der Waals surface area (Å²) in [4.78, 5) is 12.6. The van der Waals surface area contributed by atoms with Crippen LogP contribution < -0.4 is 15.4 Å². The average Bonchev–Trinajstić information content (AvgIpc) is 3.49. The fourth-order valence-electron chi connectivity index (χ4n) is 4.05. The summed E-state index contributed by atoms with van der Waals surface area (Å²) in [6.45, 7) is 8.74. The molecule has 1 aliphatic rings. The number of anilines is 2. The molecule has 4 rings (SSSR count). The van der Waals surface area contributed by atoms with Gasteiger partial charge in [-0.2, -0.15) is 0 Å². The Balaban J connectivity index is 1.40. The van der Waals surface area contributed by atoms with Crippen molar-refractivity contribution in [3.63, 3.8) is 0 Å². The summed E-state index contributed by atoms with van der Waals surface area (Å²) >= 11 is 1.39. The zero-order valence-corrected chi connectivity index (χ0v) is 21.4. The van der Waals surface area contributed by atoms with Gasteiger partial charge < -0.3 is 24.7 Å². The maximum absolute atomic E-state index is 12.6. The van der Waals surface area contributed by atoms with Gasteiger partial charge in [0, 0.05) is 18.0 Å². The van der Waals surface area contributed by atoms with Crippen molar-refractivity contribution in [3.05, 3.63) is 59.4 Å². The zero-order valence-electron chi connectivity index (χ0n) is 20.5. The molecule has 0 radical (unpaired) electrons. The van der Waals surface area contributed by atoms with Gasteiger partial charge in [0.2, 0.25) is 5.91 Å². The second-order valence-corrected chi connectivity index (χ2v) is 9.55. The lowest BCUT2D eigenvalue weighted by Gasteiger charge is -2.16. The first kappa shape index (κ1) is 25.1. The van der Waals surface area contributed by atoms with Gasteiger partial charge in [0.25, 0.3) is 0 Å². The third-order valence-electron chi connectivity index (χ3n) is 5.80. The lowest BCUT2D eigenvalue weighted by Crippen LogP contribution is -2.20. The van der Waals surface area contributed by atoms with E-state index in [0.29, 0.717) is 19.7 Å². The van der Waals surface area contributed by atoms with Gasteiger partial charge in [0.1, 0.15) is 5.75 Å². The number of carbonyl (C=O) groups is 1. The molecule has 1 fully saturated rings. The monoisotopic (exact) mass is 495 g/mol. The van der Waals surface area contributed by atoms with Crippen LogP contribution in [0, 0.1) is 13.8 Å². The molecule has 1 amide bonds. The molecule has 3 aromatic rings. The van der Waals surface area contributed by atoms with Crippen LogP contribution in [0.5, 0.6) is 5.75 Å². The molecule has 0 spiro atoms. The Morgan fingerprint density at radius 2 is 2.03 bits per heavy atom. The topological polar surface area (TPSA) is 90.3 Å². The van der Waals surface area contributed by atoms with Gasteiger partial charge in [0.05, 0.1) is 31.6 Å². The molecule has 2 aromatic carbocycles. The first-order valence-electron chi connectivity index (χ1n) is 12.0. The van der Waals surface area contributed by atoms with E-state index in [-0.39, 0.29) is 17.8 Å². The molecular weight excluding hydrogens is 462 g/mol. The molecule has 0 bridgehead atoms. The van der Waals surface area contributed by atoms with E-state index in [4.69, 9.17) is 9.47 Å². The van der Waals surface area contributed by atoms with E-state index >= 15 is 0 Å². The van der Waals surface area contributed by atoms with Crippen molar-refractivity contribution in [2.45, 2.75) is 58.0 Å². The third-order valence-corrected chi connectivity index (χ3v) is 6.77. The smallest absolute Gasteiger partial charge is 0.234 e. The van der Waals surface area contributed by atoms with Crippen molar-refractivity contribution < 1.29 is 14.3 Å². The number of nitrogens with one attached hydrogen (secondary N) is 2. The van der Waals surface area contributed by atoms with Crippen LogP contribution in [0.2, 0.25) is 0 Å². The van der Waals surface area contributed by atoms with Crippen LogP contribution in [0.4, 0.5) is 11.4 Å². The first-order valence-corrected chi connectivity index (χ1v) is 13.0. The Kier molecular flexibility index (Phi) is 8.65. The summed E-state index contributed by atoms with van der Waals surface area (Å²) in [7, 11) is 0. The zero-order chi connectivity index (χ0) is 24.6. The summed E-state index contributed by atoms with van der Waals surface area (Å²) in [6.07, 6.45) is 2.23. The first-order chi connectivity index (χ1) is 17.0. The minimum absolute atomic E-state index is 0.0965.